The third-order valence-electron chi connectivity index (χ3n) is 2.01. The molecule has 1 amide bonds. The van der Waals surface area contributed by atoms with Gasteiger partial charge in [-0.3, -0.25) is 4.79 Å². The van der Waals surface area contributed by atoms with Crippen molar-refractivity contribution in [1.82, 2.24) is 10.6 Å². The number of rotatable bonds is 5. The number of nitrogens with one attached hydrogen (secondary N) is 2. The third kappa shape index (κ3) is 4.96. The second-order valence-corrected chi connectivity index (χ2v) is 4.69. The molecule has 88 valence electrons. The molecule has 1 aromatic carbocycles. The van der Waals surface area contributed by atoms with Crippen LogP contribution in [0, 0.1) is 0 Å². The predicted molar refractivity (Wildman–Crippen MR) is 69.5 cm³/mol. The van der Waals surface area contributed by atoms with E-state index in [1.54, 1.807) is 0 Å². The Bertz CT molecular complexity index is 371. The average molecular weight is 306 g/mol. The van der Waals surface area contributed by atoms with Crippen LogP contribution in [0.25, 0.3) is 0 Å². The fourth-order valence-corrected chi connectivity index (χ4v) is 2.04. The molecule has 3 nitrogen and oxygen atoms in total. The Morgan fingerprint density at radius 1 is 1.44 bits per heavy atom. The molecule has 0 aliphatic rings. The Hall–Kier alpha value is -0.580. The molecular formula is C11H14BrClN2O. The van der Waals surface area contributed by atoms with Crippen molar-refractivity contribution in [2.24, 2.45) is 0 Å². The summed E-state index contributed by atoms with van der Waals surface area (Å²) in [5, 5.41) is 6.67. The maximum Gasteiger partial charge on any atom is 0.216 e. The van der Waals surface area contributed by atoms with Gasteiger partial charge < -0.3 is 10.6 Å². The topological polar surface area (TPSA) is 41.1 Å². The highest BCUT2D eigenvalue weighted by Gasteiger charge is 2.00. The number of hydrogen-bond acceptors (Lipinski definition) is 2. The van der Waals surface area contributed by atoms with Crippen LogP contribution in [0.15, 0.2) is 22.7 Å². The second kappa shape index (κ2) is 6.89. The van der Waals surface area contributed by atoms with Crippen LogP contribution in [-0.2, 0) is 11.3 Å². The van der Waals surface area contributed by atoms with E-state index in [1.165, 1.54) is 6.92 Å². The molecule has 0 aliphatic carbocycles. The molecule has 1 rings (SSSR count). The number of halogens is 2. The fraction of sp³-hybridized carbons (Fsp3) is 0.364. The van der Waals surface area contributed by atoms with Gasteiger partial charge in [0, 0.05) is 36.1 Å². The summed E-state index contributed by atoms with van der Waals surface area (Å²) >= 11 is 9.28. The SMILES string of the molecule is CC(=O)NCCNCc1ccc(Cl)cc1Br. The van der Waals surface area contributed by atoms with Gasteiger partial charge in [0.05, 0.1) is 0 Å². The Morgan fingerprint density at radius 2 is 2.19 bits per heavy atom. The number of carbonyl (C=O) groups excluding carboxylic acids is 1. The van der Waals surface area contributed by atoms with E-state index >= 15 is 0 Å². The van der Waals surface area contributed by atoms with Crippen LogP contribution < -0.4 is 10.6 Å². The van der Waals surface area contributed by atoms with E-state index in [2.05, 4.69) is 26.6 Å². The highest BCUT2D eigenvalue weighted by atomic mass is 79.9. The molecule has 0 radical (unpaired) electrons. The summed E-state index contributed by atoms with van der Waals surface area (Å²) in [7, 11) is 0. The smallest absolute Gasteiger partial charge is 0.216 e. The van der Waals surface area contributed by atoms with E-state index in [0.717, 1.165) is 23.1 Å². The van der Waals surface area contributed by atoms with Crippen molar-refractivity contribution >= 4 is 33.4 Å². The zero-order valence-electron chi connectivity index (χ0n) is 9.02. The minimum Gasteiger partial charge on any atom is -0.355 e. The molecule has 2 N–H and O–H groups in total. The van der Waals surface area contributed by atoms with Gasteiger partial charge in [0.2, 0.25) is 5.91 Å². The van der Waals surface area contributed by atoms with Crippen LogP contribution in [0.4, 0.5) is 0 Å². The molecule has 0 aromatic heterocycles. The predicted octanol–water partition coefficient (Wildman–Crippen LogP) is 2.33. The van der Waals surface area contributed by atoms with Crippen molar-refractivity contribution in [2.45, 2.75) is 13.5 Å². The molecule has 0 bridgehead atoms. The molecule has 0 saturated heterocycles. The molecule has 0 fully saturated rings. The summed E-state index contributed by atoms with van der Waals surface area (Å²) < 4.78 is 0.993. The molecule has 0 spiro atoms. The number of hydrogen-bond donors (Lipinski definition) is 2. The molecule has 16 heavy (non-hydrogen) atoms. The third-order valence-corrected chi connectivity index (χ3v) is 2.98. The lowest BCUT2D eigenvalue weighted by molar-refractivity contribution is -0.118. The van der Waals surface area contributed by atoms with Gasteiger partial charge in [0.1, 0.15) is 0 Å². The van der Waals surface area contributed by atoms with Crippen LogP contribution in [0.2, 0.25) is 5.02 Å². The van der Waals surface area contributed by atoms with Crippen molar-refractivity contribution in [2.75, 3.05) is 13.1 Å². The molecule has 0 aliphatic heterocycles. The minimum absolute atomic E-state index is 0.00512. The Balaban J connectivity index is 2.29. The van der Waals surface area contributed by atoms with Gasteiger partial charge in [0.25, 0.3) is 0 Å². The van der Waals surface area contributed by atoms with Gasteiger partial charge >= 0.3 is 0 Å². The molecular weight excluding hydrogens is 291 g/mol. The number of amides is 1. The van der Waals surface area contributed by atoms with Crippen molar-refractivity contribution < 1.29 is 4.79 Å². The van der Waals surface area contributed by atoms with Crippen molar-refractivity contribution in [3.63, 3.8) is 0 Å². The normalized spacial score (nSPS) is 10.2. The van der Waals surface area contributed by atoms with Gasteiger partial charge in [-0.15, -0.1) is 0 Å². The van der Waals surface area contributed by atoms with Gasteiger partial charge in [-0.05, 0) is 17.7 Å². The first-order chi connectivity index (χ1) is 7.59. The van der Waals surface area contributed by atoms with E-state index in [0.29, 0.717) is 11.6 Å². The molecule has 1 aromatic rings. The molecule has 0 atom stereocenters. The zero-order chi connectivity index (χ0) is 12.0. The molecule has 0 unspecified atom stereocenters. The summed E-state index contributed by atoms with van der Waals surface area (Å²) in [5.41, 5.74) is 1.15. The van der Waals surface area contributed by atoms with E-state index in [4.69, 9.17) is 11.6 Å². The summed E-state index contributed by atoms with van der Waals surface area (Å²) in [6, 6.07) is 5.70. The average Bonchev–Trinajstić information content (AvgIpc) is 2.20. The first-order valence-corrected chi connectivity index (χ1v) is 6.16. The van der Waals surface area contributed by atoms with Crippen LogP contribution >= 0.6 is 27.5 Å². The second-order valence-electron chi connectivity index (χ2n) is 3.40. The maximum atomic E-state index is 10.6. The van der Waals surface area contributed by atoms with Crippen molar-refractivity contribution in [1.29, 1.82) is 0 Å². The van der Waals surface area contributed by atoms with Gasteiger partial charge in [-0.1, -0.05) is 33.6 Å². The van der Waals surface area contributed by atoms with Crippen molar-refractivity contribution in [3.05, 3.63) is 33.3 Å². The first-order valence-electron chi connectivity index (χ1n) is 4.98. The summed E-state index contributed by atoms with van der Waals surface area (Å²) in [6.07, 6.45) is 0. The number of carbonyl (C=O) groups is 1. The molecule has 0 saturated carbocycles. The quantitative estimate of drug-likeness (QED) is 0.820. The van der Waals surface area contributed by atoms with E-state index in [-0.39, 0.29) is 5.91 Å². The zero-order valence-corrected chi connectivity index (χ0v) is 11.4. The Kier molecular flexibility index (Phi) is 5.80. The van der Waals surface area contributed by atoms with Crippen LogP contribution in [0.3, 0.4) is 0 Å². The Morgan fingerprint density at radius 3 is 2.81 bits per heavy atom. The lowest BCUT2D eigenvalue weighted by atomic mass is 10.2. The highest BCUT2D eigenvalue weighted by Crippen LogP contribution is 2.21. The van der Waals surface area contributed by atoms with Crippen LogP contribution in [0.1, 0.15) is 12.5 Å². The molecule has 5 heteroatoms. The molecule has 0 heterocycles. The fourth-order valence-electron chi connectivity index (χ4n) is 1.22. The largest absolute Gasteiger partial charge is 0.355 e. The minimum atomic E-state index is -0.00512. The maximum absolute atomic E-state index is 10.6. The van der Waals surface area contributed by atoms with Crippen molar-refractivity contribution in [3.8, 4) is 0 Å². The number of benzene rings is 1. The summed E-state index contributed by atoms with van der Waals surface area (Å²) in [5.74, 6) is -0.00512. The van der Waals surface area contributed by atoms with E-state index in [9.17, 15) is 4.79 Å². The van der Waals surface area contributed by atoms with Crippen LogP contribution in [-0.4, -0.2) is 19.0 Å². The van der Waals surface area contributed by atoms with Gasteiger partial charge in [-0.25, -0.2) is 0 Å². The monoisotopic (exact) mass is 304 g/mol. The first kappa shape index (κ1) is 13.5. The summed E-state index contributed by atoms with van der Waals surface area (Å²) in [4.78, 5) is 10.6. The van der Waals surface area contributed by atoms with Crippen LogP contribution in [0.5, 0.6) is 0 Å². The van der Waals surface area contributed by atoms with Gasteiger partial charge in [-0.2, -0.15) is 0 Å². The standard InChI is InChI=1S/C11H14BrClN2O/c1-8(16)15-5-4-14-7-9-2-3-10(13)6-11(9)12/h2-3,6,14H,4-5,7H2,1H3,(H,15,16). The summed E-state index contributed by atoms with van der Waals surface area (Å²) in [6.45, 7) is 3.64. The Labute approximate surface area is 109 Å². The van der Waals surface area contributed by atoms with Gasteiger partial charge in [0.15, 0.2) is 0 Å². The highest BCUT2D eigenvalue weighted by molar-refractivity contribution is 9.10. The lowest BCUT2D eigenvalue weighted by Crippen LogP contribution is -2.29. The van der Waals surface area contributed by atoms with E-state index in [1.807, 2.05) is 18.2 Å². The van der Waals surface area contributed by atoms with E-state index < -0.39 is 0 Å². The lowest BCUT2D eigenvalue weighted by Gasteiger charge is -2.07.